The number of hydrogen-bond acceptors (Lipinski definition) is 7. The van der Waals surface area contributed by atoms with Gasteiger partial charge in [0.2, 0.25) is 10.0 Å². The molecule has 3 heterocycles. The van der Waals surface area contributed by atoms with Gasteiger partial charge in [-0.1, -0.05) is 12.1 Å². The quantitative estimate of drug-likeness (QED) is 0.562. The Hall–Kier alpha value is -2.18. The zero-order valence-electron chi connectivity index (χ0n) is 18.1. The van der Waals surface area contributed by atoms with Crippen molar-refractivity contribution in [3.63, 3.8) is 0 Å². The molecule has 0 spiro atoms. The van der Waals surface area contributed by atoms with Crippen LogP contribution in [0.4, 0.5) is 0 Å². The van der Waals surface area contributed by atoms with Crippen LogP contribution < -0.4 is 0 Å². The van der Waals surface area contributed by atoms with Gasteiger partial charge in [0.15, 0.2) is 0 Å². The molecule has 0 aromatic heterocycles. The predicted molar refractivity (Wildman–Crippen MR) is 123 cm³/mol. The van der Waals surface area contributed by atoms with Gasteiger partial charge >= 0.3 is 0 Å². The average molecular weight is 492 g/mol. The van der Waals surface area contributed by atoms with Crippen LogP contribution in [0, 0.1) is 0 Å². The minimum absolute atomic E-state index is 0.0677. The van der Waals surface area contributed by atoms with Crippen molar-refractivity contribution < 1.29 is 27.0 Å². The zero-order valence-corrected chi connectivity index (χ0v) is 19.7. The first kappa shape index (κ1) is 22.6. The van der Waals surface area contributed by atoms with E-state index in [0.717, 1.165) is 13.1 Å². The molecule has 0 radical (unpaired) electrons. The van der Waals surface area contributed by atoms with Gasteiger partial charge in [-0.3, -0.25) is 23.6 Å². The Morgan fingerprint density at radius 2 is 1.55 bits per heavy atom. The van der Waals surface area contributed by atoms with E-state index in [2.05, 4.69) is 4.90 Å². The molecule has 9 nitrogen and oxygen atoms in total. The van der Waals surface area contributed by atoms with E-state index < -0.39 is 32.6 Å². The third kappa shape index (κ3) is 4.01. The molecule has 2 aromatic rings. The maximum atomic E-state index is 13.4. The number of carbonyl (C=O) groups excluding carboxylic acids is 2. The lowest BCUT2D eigenvalue weighted by Crippen LogP contribution is -2.46. The van der Waals surface area contributed by atoms with Crippen LogP contribution in [-0.4, -0.2) is 103 Å². The topological polar surface area (TPSA) is 104 Å². The predicted octanol–water partition coefficient (Wildman–Crippen LogP) is 0.521. The molecule has 2 amide bonds. The number of sulfonamides is 1. The molecule has 0 bridgehead atoms. The van der Waals surface area contributed by atoms with Crippen molar-refractivity contribution in [1.29, 1.82) is 0 Å². The minimum Gasteiger partial charge on any atom is -0.379 e. The Balaban J connectivity index is 1.50. The highest BCUT2D eigenvalue weighted by Gasteiger charge is 2.36. The smallest absolute Gasteiger partial charge is 0.261 e. The summed E-state index contributed by atoms with van der Waals surface area (Å²) in [5.41, 5.74) is 0.668. The van der Waals surface area contributed by atoms with Crippen molar-refractivity contribution in [3.8, 4) is 0 Å². The number of benzene rings is 2. The van der Waals surface area contributed by atoms with Gasteiger partial charge in [0, 0.05) is 83.5 Å². The Morgan fingerprint density at radius 3 is 2.24 bits per heavy atom. The molecule has 2 saturated heterocycles. The van der Waals surface area contributed by atoms with Crippen LogP contribution in [0.1, 0.15) is 20.7 Å². The molecule has 5 rings (SSSR count). The summed E-state index contributed by atoms with van der Waals surface area (Å²) < 4.78 is 45.1. The number of hydrogen-bond donors (Lipinski definition) is 0. The summed E-state index contributed by atoms with van der Waals surface area (Å²) in [6.07, 6.45) is 0. The molecule has 0 saturated carbocycles. The zero-order chi connectivity index (χ0) is 23.2. The molecule has 2 fully saturated rings. The third-order valence-corrected chi connectivity index (χ3v) is 9.68. The van der Waals surface area contributed by atoms with Gasteiger partial charge < -0.3 is 4.74 Å². The van der Waals surface area contributed by atoms with Crippen LogP contribution in [0.2, 0.25) is 0 Å². The van der Waals surface area contributed by atoms with Crippen LogP contribution in [0.5, 0.6) is 0 Å². The van der Waals surface area contributed by atoms with Gasteiger partial charge in [0.05, 0.1) is 18.1 Å². The summed E-state index contributed by atoms with van der Waals surface area (Å²) in [6.45, 7) is 3.98. The summed E-state index contributed by atoms with van der Waals surface area (Å²) in [4.78, 5) is 30.0. The molecular weight excluding hydrogens is 466 g/mol. The molecule has 0 atom stereocenters. The lowest BCUT2D eigenvalue weighted by Gasteiger charge is -2.32. The van der Waals surface area contributed by atoms with E-state index in [9.17, 15) is 22.2 Å². The van der Waals surface area contributed by atoms with E-state index >= 15 is 0 Å². The van der Waals surface area contributed by atoms with Crippen molar-refractivity contribution in [2.24, 2.45) is 0 Å². The summed E-state index contributed by atoms with van der Waals surface area (Å²) >= 11 is 0. The van der Waals surface area contributed by atoms with E-state index in [1.807, 2.05) is 0 Å². The van der Waals surface area contributed by atoms with Crippen molar-refractivity contribution in [2.75, 3.05) is 64.0 Å². The van der Waals surface area contributed by atoms with Crippen LogP contribution in [-0.2, 0) is 25.6 Å². The van der Waals surface area contributed by atoms with Crippen LogP contribution in [0.3, 0.4) is 0 Å². The Labute approximate surface area is 194 Å². The molecule has 176 valence electrons. The largest absolute Gasteiger partial charge is 0.379 e. The highest BCUT2D eigenvalue weighted by Crippen LogP contribution is 2.35. The number of imide groups is 1. The summed E-state index contributed by atoms with van der Waals surface area (Å²) in [5.74, 6) is -0.214. The third-order valence-electron chi connectivity index (χ3n) is 6.45. The molecule has 3 aliphatic heterocycles. The maximum Gasteiger partial charge on any atom is 0.261 e. The fourth-order valence-corrected chi connectivity index (χ4v) is 7.53. The van der Waals surface area contributed by atoms with E-state index in [-0.39, 0.29) is 24.5 Å². The number of nitrogens with zero attached hydrogens (tertiary/aromatic N) is 3. The first-order chi connectivity index (χ1) is 15.9. The van der Waals surface area contributed by atoms with Crippen LogP contribution >= 0.6 is 0 Å². The summed E-state index contributed by atoms with van der Waals surface area (Å²) in [7, 11) is -4.87. The van der Waals surface area contributed by atoms with Gasteiger partial charge in [-0.15, -0.1) is 0 Å². The molecule has 11 heteroatoms. The second-order valence-electron chi connectivity index (χ2n) is 8.31. The van der Waals surface area contributed by atoms with Gasteiger partial charge in [-0.05, 0) is 18.2 Å². The van der Waals surface area contributed by atoms with Gasteiger partial charge in [0.1, 0.15) is 0 Å². The summed E-state index contributed by atoms with van der Waals surface area (Å²) in [5, 5.41) is 0.753. The Bertz CT molecular complexity index is 1220. The maximum absolute atomic E-state index is 13.4. The van der Waals surface area contributed by atoms with E-state index in [0.29, 0.717) is 53.2 Å². The fourth-order valence-electron chi connectivity index (χ4n) is 4.61. The molecule has 3 aliphatic rings. The normalized spacial score (nSPS) is 21.2. The van der Waals surface area contributed by atoms with Gasteiger partial charge in [0.25, 0.3) is 11.8 Å². The van der Waals surface area contributed by atoms with E-state index in [4.69, 9.17) is 4.74 Å². The summed E-state index contributed by atoms with van der Waals surface area (Å²) in [6, 6.07) is 7.90. The van der Waals surface area contributed by atoms with Crippen LogP contribution in [0.15, 0.2) is 35.2 Å². The SMILES string of the molecule is O=C1c2cccc3c(S(=O)(=O)N4CCS(=O)CC4)ccc(c23)C(=O)N1CCN1CCOCC1. The molecule has 0 unspecified atom stereocenters. The fraction of sp³-hybridized carbons (Fsp3) is 0.455. The van der Waals surface area contributed by atoms with Gasteiger partial charge in [-0.25, -0.2) is 8.42 Å². The first-order valence-electron chi connectivity index (χ1n) is 10.9. The standard InChI is InChI=1S/C22H25N3O6S2/c26-21-17-3-1-2-16-19(33(29,30)24-10-14-32(28)15-11-24)5-4-18(20(16)17)22(27)25(21)7-6-23-8-12-31-13-9-23/h1-5H,6-15H2. The van der Waals surface area contributed by atoms with E-state index in [1.54, 1.807) is 18.2 Å². The molecule has 33 heavy (non-hydrogen) atoms. The number of amides is 2. The molecule has 0 aliphatic carbocycles. The second-order valence-corrected chi connectivity index (χ2v) is 11.9. The van der Waals surface area contributed by atoms with Crippen LogP contribution in [0.25, 0.3) is 10.8 Å². The number of rotatable bonds is 5. The molecular formula is C22H25N3O6S2. The van der Waals surface area contributed by atoms with Gasteiger partial charge in [-0.2, -0.15) is 4.31 Å². The Kier molecular flexibility index (Phi) is 6.08. The second kappa shape index (κ2) is 8.88. The van der Waals surface area contributed by atoms with E-state index in [1.165, 1.54) is 21.3 Å². The number of carbonyl (C=O) groups is 2. The van der Waals surface area contributed by atoms with Crippen molar-refractivity contribution in [2.45, 2.75) is 4.90 Å². The van der Waals surface area contributed by atoms with Crippen molar-refractivity contribution in [3.05, 3.63) is 41.5 Å². The Morgan fingerprint density at radius 1 is 0.879 bits per heavy atom. The monoisotopic (exact) mass is 491 g/mol. The first-order valence-corrected chi connectivity index (χ1v) is 13.9. The average Bonchev–Trinajstić information content (AvgIpc) is 2.83. The van der Waals surface area contributed by atoms with Crippen molar-refractivity contribution in [1.82, 2.24) is 14.1 Å². The number of morpholine rings is 1. The molecule has 2 aromatic carbocycles. The highest BCUT2D eigenvalue weighted by atomic mass is 32.2. The lowest BCUT2D eigenvalue weighted by atomic mass is 9.94. The lowest BCUT2D eigenvalue weighted by molar-refractivity contribution is 0.0316. The molecule has 0 N–H and O–H groups in total. The minimum atomic E-state index is -3.86. The number of ether oxygens (including phenoxy) is 1. The highest BCUT2D eigenvalue weighted by molar-refractivity contribution is 7.89. The van der Waals surface area contributed by atoms with Crippen molar-refractivity contribution >= 4 is 43.4 Å².